The molecule has 5 nitrogen and oxygen atoms in total. The lowest BCUT2D eigenvalue weighted by molar-refractivity contribution is 0.137. The maximum absolute atomic E-state index is 11.4. The van der Waals surface area contributed by atoms with Gasteiger partial charge in [0.25, 0.3) is 0 Å². The van der Waals surface area contributed by atoms with E-state index >= 15 is 0 Å². The third-order valence-electron chi connectivity index (χ3n) is 2.49. The quantitative estimate of drug-likeness (QED) is 0.505. The number of nitrogens with zero attached hydrogens (tertiary/aromatic N) is 1. The Morgan fingerprint density at radius 3 is 2.57 bits per heavy atom. The number of hydrogen-bond donors (Lipinski definition) is 2. The number of ether oxygens (including phenoxy) is 1. The maximum atomic E-state index is 11.4. The Morgan fingerprint density at radius 1 is 1.14 bits per heavy atom. The Balaban J connectivity index is 1.68. The number of rotatable bonds is 5. The van der Waals surface area contributed by atoms with Crippen LogP contribution in [0.25, 0.3) is 0 Å². The molecule has 2 aromatic carbocycles. The lowest BCUT2D eigenvalue weighted by Gasteiger charge is -2.06. The molecule has 21 heavy (non-hydrogen) atoms. The molecule has 0 saturated heterocycles. The molecular formula is C15H14ClN3O2. The van der Waals surface area contributed by atoms with Gasteiger partial charge >= 0.3 is 6.09 Å². The molecule has 6 heteroatoms. The fourth-order valence-electron chi connectivity index (χ4n) is 1.48. The van der Waals surface area contributed by atoms with Crippen LogP contribution in [0, 0.1) is 0 Å². The molecule has 0 spiro atoms. The van der Waals surface area contributed by atoms with Crippen molar-refractivity contribution in [3.63, 3.8) is 0 Å². The molecule has 2 rings (SSSR count). The van der Waals surface area contributed by atoms with Gasteiger partial charge in [0.1, 0.15) is 12.9 Å². The zero-order valence-electron chi connectivity index (χ0n) is 11.1. The van der Waals surface area contributed by atoms with Crippen LogP contribution in [0.2, 0.25) is 5.02 Å². The first kappa shape index (κ1) is 14.9. The largest absolute Gasteiger partial charge is 0.443 e. The molecule has 0 atom stereocenters. The van der Waals surface area contributed by atoms with E-state index < -0.39 is 6.09 Å². The van der Waals surface area contributed by atoms with Crippen molar-refractivity contribution in [2.24, 2.45) is 4.99 Å². The summed E-state index contributed by atoms with van der Waals surface area (Å²) in [5.74, 6) is 0. The first-order valence-electron chi connectivity index (χ1n) is 6.24. The number of benzene rings is 2. The molecule has 0 aromatic heterocycles. The average Bonchev–Trinajstić information content (AvgIpc) is 2.52. The number of amides is 1. The molecular weight excluding hydrogens is 290 g/mol. The number of nitrogens with one attached hydrogen (secondary N) is 2. The minimum absolute atomic E-state index is 0.167. The van der Waals surface area contributed by atoms with E-state index in [1.54, 1.807) is 24.3 Å². The fourth-order valence-corrected chi connectivity index (χ4v) is 1.60. The molecule has 0 unspecified atom stereocenters. The lowest BCUT2D eigenvalue weighted by Crippen LogP contribution is -2.36. The predicted octanol–water partition coefficient (Wildman–Crippen LogP) is 3.43. The number of carbonyl (C=O) groups is 1. The van der Waals surface area contributed by atoms with E-state index in [4.69, 9.17) is 16.3 Å². The van der Waals surface area contributed by atoms with Crippen molar-refractivity contribution in [1.29, 1.82) is 0 Å². The first-order chi connectivity index (χ1) is 10.2. The zero-order chi connectivity index (χ0) is 14.9. The van der Waals surface area contributed by atoms with Crippen LogP contribution in [0.5, 0.6) is 0 Å². The Hall–Kier alpha value is -2.53. The van der Waals surface area contributed by atoms with Crippen molar-refractivity contribution < 1.29 is 9.53 Å². The summed E-state index contributed by atoms with van der Waals surface area (Å²) in [5, 5.41) is 0.641. The van der Waals surface area contributed by atoms with Gasteiger partial charge in [-0.1, -0.05) is 41.9 Å². The van der Waals surface area contributed by atoms with E-state index in [-0.39, 0.29) is 6.61 Å². The second kappa shape index (κ2) is 7.91. The summed E-state index contributed by atoms with van der Waals surface area (Å²) < 4.78 is 5.00. The summed E-state index contributed by atoms with van der Waals surface area (Å²) >= 11 is 5.76. The lowest BCUT2D eigenvalue weighted by atomic mass is 10.2. The Kier molecular flexibility index (Phi) is 5.60. The van der Waals surface area contributed by atoms with Crippen molar-refractivity contribution >= 4 is 29.7 Å². The van der Waals surface area contributed by atoms with Gasteiger partial charge in [-0.3, -0.25) is 5.43 Å². The second-order valence-corrected chi connectivity index (χ2v) is 4.50. The molecule has 0 radical (unpaired) electrons. The number of aliphatic imine (C=N–C) groups is 1. The summed E-state index contributed by atoms with van der Waals surface area (Å²) in [5.41, 5.74) is 6.52. The fraction of sp³-hybridized carbons (Fsp3) is 0.0667. The van der Waals surface area contributed by atoms with E-state index in [9.17, 15) is 4.79 Å². The van der Waals surface area contributed by atoms with Gasteiger partial charge in [0.05, 0.1) is 5.69 Å². The summed E-state index contributed by atoms with van der Waals surface area (Å²) in [6.45, 7) is 0.167. The van der Waals surface area contributed by atoms with E-state index in [2.05, 4.69) is 15.8 Å². The van der Waals surface area contributed by atoms with Gasteiger partial charge < -0.3 is 4.74 Å². The Bertz CT molecular complexity index is 600. The van der Waals surface area contributed by atoms with Gasteiger partial charge in [-0.2, -0.15) is 0 Å². The van der Waals surface area contributed by atoms with Crippen LogP contribution >= 0.6 is 11.6 Å². The van der Waals surface area contributed by atoms with Crippen molar-refractivity contribution in [2.45, 2.75) is 6.61 Å². The van der Waals surface area contributed by atoms with E-state index in [0.29, 0.717) is 5.02 Å². The van der Waals surface area contributed by atoms with Gasteiger partial charge in [-0.15, -0.1) is 0 Å². The third kappa shape index (κ3) is 5.54. The molecule has 0 bridgehead atoms. The van der Waals surface area contributed by atoms with Gasteiger partial charge in [0, 0.05) is 5.02 Å². The molecule has 2 N–H and O–H groups in total. The molecule has 0 aliphatic rings. The van der Waals surface area contributed by atoms with Crippen LogP contribution < -0.4 is 10.9 Å². The van der Waals surface area contributed by atoms with Crippen LogP contribution in [-0.2, 0) is 11.3 Å². The van der Waals surface area contributed by atoms with Crippen LogP contribution in [0.15, 0.2) is 59.6 Å². The average molecular weight is 304 g/mol. The minimum atomic E-state index is -0.593. The molecule has 2 aromatic rings. The van der Waals surface area contributed by atoms with Gasteiger partial charge in [-0.25, -0.2) is 15.2 Å². The van der Waals surface area contributed by atoms with Crippen LogP contribution in [0.1, 0.15) is 5.56 Å². The molecule has 0 heterocycles. The molecule has 0 aliphatic heterocycles. The highest BCUT2D eigenvalue weighted by Crippen LogP contribution is 2.10. The predicted molar refractivity (Wildman–Crippen MR) is 82.5 cm³/mol. The zero-order valence-corrected chi connectivity index (χ0v) is 11.9. The van der Waals surface area contributed by atoms with Gasteiger partial charge in [-0.05, 0) is 29.8 Å². The van der Waals surface area contributed by atoms with E-state index in [1.807, 2.05) is 30.3 Å². The second-order valence-electron chi connectivity index (χ2n) is 4.07. The SMILES string of the molecule is O=C(NNC=Nc1ccccc1)OCc1ccc(Cl)cc1. The smallest absolute Gasteiger partial charge is 0.426 e. The highest BCUT2D eigenvalue weighted by atomic mass is 35.5. The number of para-hydroxylation sites is 1. The third-order valence-corrected chi connectivity index (χ3v) is 2.74. The van der Waals surface area contributed by atoms with E-state index in [0.717, 1.165) is 11.3 Å². The number of carbonyl (C=O) groups excluding carboxylic acids is 1. The Labute approximate surface area is 127 Å². The molecule has 108 valence electrons. The highest BCUT2D eigenvalue weighted by Gasteiger charge is 2.00. The molecule has 0 aliphatic carbocycles. The van der Waals surface area contributed by atoms with Crippen molar-refractivity contribution in [3.05, 3.63) is 65.2 Å². The maximum Gasteiger partial charge on any atom is 0.426 e. The van der Waals surface area contributed by atoms with Crippen molar-refractivity contribution in [2.75, 3.05) is 0 Å². The van der Waals surface area contributed by atoms with Crippen LogP contribution in [0.4, 0.5) is 10.5 Å². The van der Waals surface area contributed by atoms with Crippen molar-refractivity contribution in [3.8, 4) is 0 Å². The highest BCUT2D eigenvalue weighted by molar-refractivity contribution is 6.30. The minimum Gasteiger partial charge on any atom is -0.443 e. The monoisotopic (exact) mass is 303 g/mol. The topological polar surface area (TPSA) is 62.7 Å². The number of hydrazine groups is 1. The summed E-state index contributed by atoms with van der Waals surface area (Å²) in [4.78, 5) is 15.5. The summed E-state index contributed by atoms with van der Waals surface area (Å²) in [6, 6.07) is 16.4. The summed E-state index contributed by atoms with van der Waals surface area (Å²) in [7, 11) is 0. The molecule has 0 saturated carbocycles. The summed E-state index contributed by atoms with van der Waals surface area (Å²) in [6.07, 6.45) is 0.781. The van der Waals surface area contributed by atoms with Gasteiger partial charge in [0.2, 0.25) is 0 Å². The number of halogens is 1. The normalized spacial score (nSPS) is 10.3. The van der Waals surface area contributed by atoms with Crippen LogP contribution in [0.3, 0.4) is 0 Å². The van der Waals surface area contributed by atoms with Crippen molar-refractivity contribution in [1.82, 2.24) is 10.9 Å². The standard InChI is InChI=1S/C15H14ClN3O2/c16-13-8-6-12(7-9-13)10-21-15(20)19-18-11-17-14-4-2-1-3-5-14/h1-9,11H,10H2,(H,17,18)(H,19,20). The van der Waals surface area contributed by atoms with E-state index in [1.165, 1.54) is 6.34 Å². The van der Waals surface area contributed by atoms with Crippen LogP contribution in [-0.4, -0.2) is 12.4 Å². The number of hydrogen-bond acceptors (Lipinski definition) is 3. The van der Waals surface area contributed by atoms with Gasteiger partial charge in [0.15, 0.2) is 0 Å². The Morgan fingerprint density at radius 2 is 1.86 bits per heavy atom. The first-order valence-corrected chi connectivity index (χ1v) is 6.62. The molecule has 0 fully saturated rings. The molecule has 1 amide bonds.